The smallest absolute Gasteiger partial charge is 0.314 e. The number of nitrogens with one attached hydrogen (secondary N) is 3. The van der Waals surface area contributed by atoms with Crippen LogP contribution in [0, 0.1) is 0 Å². The van der Waals surface area contributed by atoms with Crippen LogP contribution in [-0.2, 0) is 6.54 Å². The average Bonchev–Trinajstić information content (AvgIpc) is 3.01. The van der Waals surface area contributed by atoms with Gasteiger partial charge in [-0.1, -0.05) is 36.8 Å². The highest BCUT2D eigenvalue weighted by atomic mass is 16.5. The highest BCUT2D eigenvalue weighted by molar-refractivity contribution is 6.02. The number of pyridine rings is 1. The number of carbonyl (C=O) groups excluding carboxylic acids is 2. The number of hydrogen-bond donors (Lipinski definition) is 3. The van der Waals surface area contributed by atoms with Gasteiger partial charge in [0.1, 0.15) is 11.9 Å². The Morgan fingerprint density at radius 2 is 1.76 bits per heavy atom. The monoisotopic (exact) mass is 556 g/mol. The molecule has 2 aromatic carbocycles. The van der Waals surface area contributed by atoms with E-state index in [4.69, 9.17) is 4.74 Å². The van der Waals surface area contributed by atoms with E-state index < -0.39 is 0 Å². The fourth-order valence-corrected chi connectivity index (χ4v) is 5.44. The lowest BCUT2D eigenvalue weighted by molar-refractivity contribution is 0.0925. The predicted molar refractivity (Wildman–Crippen MR) is 160 cm³/mol. The van der Waals surface area contributed by atoms with Gasteiger partial charge in [0.25, 0.3) is 5.91 Å². The van der Waals surface area contributed by atoms with Crippen LogP contribution in [0.4, 0.5) is 10.5 Å². The van der Waals surface area contributed by atoms with Crippen LogP contribution in [0.3, 0.4) is 0 Å². The first-order valence-corrected chi connectivity index (χ1v) is 14.7. The second kappa shape index (κ2) is 14.5. The first-order chi connectivity index (χ1) is 20.2. The fourth-order valence-electron chi connectivity index (χ4n) is 5.44. The summed E-state index contributed by atoms with van der Waals surface area (Å²) in [6.07, 6.45) is 6.71. The van der Waals surface area contributed by atoms with Crippen LogP contribution in [0.2, 0.25) is 0 Å². The molecular formula is C32H40N6O3. The lowest BCUT2D eigenvalue weighted by Gasteiger charge is -2.38. The molecule has 0 radical (unpaired) electrons. The van der Waals surface area contributed by atoms with Gasteiger partial charge in [-0.05, 0) is 80.7 Å². The second-order valence-electron chi connectivity index (χ2n) is 10.6. The van der Waals surface area contributed by atoms with Crippen molar-refractivity contribution in [3.05, 3.63) is 89.7 Å². The number of amides is 3. The number of nitrogens with zero attached hydrogens (tertiary/aromatic N) is 3. The molecule has 216 valence electrons. The molecular weight excluding hydrogens is 516 g/mol. The van der Waals surface area contributed by atoms with E-state index in [1.165, 1.54) is 37.9 Å². The van der Waals surface area contributed by atoms with E-state index in [1.54, 1.807) is 6.20 Å². The summed E-state index contributed by atoms with van der Waals surface area (Å²) in [5.41, 5.74) is 3.57. The third kappa shape index (κ3) is 7.98. The number of piperidine rings is 1. The maximum absolute atomic E-state index is 12.7. The normalized spacial score (nSPS) is 16.9. The molecule has 1 fully saturated rings. The zero-order chi connectivity index (χ0) is 28.3. The molecule has 41 heavy (non-hydrogen) atoms. The van der Waals surface area contributed by atoms with Gasteiger partial charge in [0.05, 0.1) is 23.6 Å². The molecule has 9 heteroatoms. The summed E-state index contributed by atoms with van der Waals surface area (Å²) in [5.74, 6) is 0.766. The van der Waals surface area contributed by atoms with Crippen LogP contribution in [0.1, 0.15) is 59.9 Å². The highest BCUT2D eigenvalue weighted by Crippen LogP contribution is 2.32. The van der Waals surface area contributed by atoms with Crippen molar-refractivity contribution in [3.8, 4) is 5.75 Å². The first kappa shape index (κ1) is 28.4. The van der Waals surface area contributed by atoms with Crippen molar-refractivity contribution in [1.82, 2.24) is 25.8 Å². The Hall–Kier alpha value is -4.11. The summed E-state index contributed by atoms with van der Waals surface area (Å²) >= 11 is 0. The van der Waals surface area contributed by atoms with E-state index in [-0.39, 0.29) is 18.1 Å². The minimum absolute atomic E-state index is 0.112. The minimum Gasteiger partial charge on any atom is -0.494 e. The summed E-state index contributed by atoms with van der Waals surface area (Å²) in [6.45, 7) is 5.55. The molecule has 5 rings (SSSR count). The maximum atomic E-state index is 12.7. The van der Waals surface area contributed by atoms with Gasteiger partial charge in [-0.2, -0.15) is 0 Å². The van der Waals surface area contributed by atoms with Crippen LogP contribution in [-0.4, -0.2) is 61.2 Å². The molecule has 2 aliphatic heterocycles. The van der Waals surface area contributed by atoms with Gasteiger partial charge >= 0.3 is 6.03 Å². The Morgan fingerprint density at radius 1 is 0.951 bits per heavy atom. The number of ether oxygens (including phenoxy) is 1. The van der Waals surface area contributed by atoms with E-state index in [2.05, 4.69) is 48.9 Å². The Bertz CT molecular complexity index is 1280. The summed E-state index contributed by atoms with van der Waals surface area (Å²) in [4.78, 5) is 34.2. The van der Waals surface area contributed by atoms with E-state index in [0.717, 1.165) is 30.1 Å². The van der Waals surface area contributed by atoms with Crippen LogP contribution in [0.25, 0.3) is 0 Å². The molecule has 1 atom stereocenters. The first-order valence-electron chi connectivity index (χ1n) is 14.7. The van der Waals surface area contributed by atoms with Gasteiger partial charge in [-0.3, -0.25) is 14.7 Å². The number of benzene rings is 2. The van der Waals surface area contributed by atoms with Crippen molar-refractivity contribution in [1.29, 1.82) is 0 Å². The number of anilines is 1. The van der Waals surface area contributed by atoms with Gasteiger partial charge in [0, 0.05) is 32.4 Å². The van der Waals surface area contributed by atoms with Crippen molar-refractivity contribution in [3.63, 3.8) is 0 Å². The topological polar surface area (TPSA) is 98.8 Å². The molecule has 0 aliphatic carbocycles. The van der Waals surface area contributed by atoms with Crippen molar-refractivity contribution in [2.45, 2.75) is 44.8 Å². The number of carbonyl (C=O) groups is 2. The quantitative estimate of drug-likeness (QED) is 0.285. The number of likely N-dealkylation sites (tertiary alicyclic amines) is 1. The van der Waals surface area contributed by atoms with Crippen LogP contribution < -0.4 is 25.6 Å². The van der Waals surface area contributed by atoms with E-state index in [1.807, 2.05) is 48.5 Å². The lowest BCUT2D eigenvalue weighted by Crippen LogP contribution is -2.48. The summed E-state index contributed by atoms with van der Waals surface area (Å²) in [5, 5.41) is 8.92. The van der Waals surface area contributed by atoms with Gasteiger partial charge < -0.3 is 25.6 Å². The number of para-hydroxylation sites is 1. The zero-order valence-electron chi connectivity index (χ0n) is 23.6. The molecule has 2 aliphatic rings. The largest absolute Gasteiger partial charge is 0.494 e. The summed E-state index contributed by atoms with van der Waals surface area (Å²) < 4.78 is 5.94. The number of rotatable bonds is 12. The zero-order valence-corrected chi connectivity index (χ0v) is 23.6. The lowest BCUT2D eigenvalue weighted by atomic mass is 10.1. The third-order valence-electron chi connectivity index (χ3n) is 7.50. The Morgan fingerprint density at radius 3 is 2.59 bits per heavy atom. The SMILES string of the molecule is O=C(NCCCOc1cccc(CN2CCCCC2)c1)NCCCN1c2ccccc2C(=O)NC1c1ccccn1. The van der Waals surface area contributed by atoms with Crippen molar-refractivity contribution in [2.24, 2.45) is 0 Å². The Labute approximate surface area is 242 Å². The molecule has 3 N–H and O–H groups in total. The Balaban J connectivity index is 1.01. The fraction of sp³-hybridized carbons (Fsp3) is 0.406. The van der Waals surface area contributed by atoms with E-state index in [9.17, 15) is 9.59 Å². The molecule has 1 saturated heterocycles. The van der Waals surface area contributed by atoms with Crippen LogP contribution in [0.15, 0.2) is 72.9 Å². The van der Waals surface area contributed by atoms with Crippen molar-refractivity contribution < 1.29 is 14.3 Å². The molecule has 1 aromatic heterocycles. The maximum Gasteiger partial charge on any atom is 0.314 e. The van der Waals surface area contributed by atoms with Gasteiger partial charge in [0.15, 0.2) is 0 Å². The molecule has 0 saturated carbocycles. The predicted octanol–water partition coefficient (Wildman–Crippen LogP) is 4.47. The second-order valence-corrected chi connectivity index (χ2v) is 10.6. The number of aromatic nitrogens is 1. The summed E-state index contributed by atoms with van der Waals surface area (Å²) in [6, 6.07) is 21.4. The molecule has 9 nitrogen and oxygen atoms in total. The molecule has 1 unspecified atom stereocenters. The van der Waals surface area contributed by atoms with Crippen molar-refractivity contribution in [2.75, 3.05) is 44.2 Å². The van der Waals surface area contributed by atoms with Gasteiger partial charge in [-0.25, -0.2) is 4.79 Å². The minimum atomic E-state index is -0.363. The number of urea groups is 1. The molecule has 0 bridgehead atoms. The number of fused-ring (bicyclic) bond motifs is 1. The van der Waals surface area contributed by atoms with E-state index >= 15 is 0 Å². The van der Waals surface area contributed by atoms with Gasteiger partial charge in [-0.15, -0.1) is 0 Å². The number of hydrogen-bond acceptors (Lipinski definition) is 6. The van der Waals surface area contributed by atoms with Gasteiger partial charge in [0.2, 0.25) is 0 Å². The van der Waals surface area contributed by atoms with Crippen LogP contribution >= 0.6 is 0 Å². The highest BCUT2D eigenvalue weighted by Gasteiger charge is 2.31. The molecule has 3 amide bonds. The standard InChI is InChI=1S/C32H40N6O3/c39-31-27-13-2-3-15-29(27)38(30(36-31)28-14-4-5-16-33-28)21-9-17-34-32(40)35-18-10-22-41-26-12-8-11-25(23-26)24-37-19-6-1-7-20-37/h2-5,8,11-16,23,30H,1,6-7,9-10,17-22,24H2,(H,36,39)(H2,34,35,40). The van der Waals surface area contributed by atoms with Crippen molar-refractivity contribution >= 4 is 17.6 Å². The molecule has 0 spiro atoms. The van der Waals surface area contributed by atoms with E-state index in [0.29, 0.717) is 38.2 Å². The third-order valence-corrected chi connectivity index (χ3v) is 7.50. The van der Waals surface area contributed by atoms with Crippen LogP contribution in [0.5, 0.6) is 5.75 Å². The molecule has 3 aromatic rings. The summed E-state index contributed by atoms with van der Waals surface area (Å²) in [7, 11) is 0. The molecule has 3 heterocycles. The average molecular weight is 557 g/mol. The Kier molecular flexibility index (Phi) is 10.1.